The second-order valence-corrected chi connectivity index (χ2v) is 7.82. The summed E-state index contributed by atoms with van der Waals surface area (Å²) in [6.07, 6.45) is -0.739. The molecule has 1 aliphatic heterocycles. The zero-order valence-corrected chi connectivity index (χ0v) is 17.5. The maximum atomic E-state index is 13.3. The van der Waals surface area contributed by atoms with Crippen LogP contribution in [-0.2, 0) is 14.4 Å². The van der Waals surface area contributed by atoms with Gasteiger partial charge in [0.25, 0.3) is 5.91 Å². The molecule has 9 heteroatoms. The van der Waals surface area contributed by atoms with E-state index in [2.05, 4.69) is 16.0 Å². The average Bonchev–Trinajstić information content (AvgIpc) is 2.94. The molecule has 0 bridgehead atoms. The van der Waals surface area contributed by atoms with Gasteiger partial charge in [0.15, 0.2) is 6.10 Å². The van der Waals surface area contributed by atoms with E-state index in [-0.39, 0.29) is 17.4 Å². The van der Waals surface area contributed by atoms with Crippen LogP contribution in [0, 0.1) is 11.6 Å². The molecule has 1 heterocycles. The number of aliphatic hydroxyl groups excluding tert-OH is 1. The van der Waals surface area contributed by atoms with E-state index in [1.54, 1.807) is 0 Å². The molecule has 3 rings (SSSR count). The number of halogens is 2. The fourth-order valence-corrected chi connectivity index (χ4v) is 3.69. The number of hydrogen-bond donors (Lipinski definition) is 4. The van der Waals surface area contributed by atoms with Crippen LogP contribution in [0.25, 0.3) is 0 Å². The van der Waals surface area contributed by atoms with Crippen molar-refractivity contribution >= 4 is 17.7 Å². The first-order chi connectivity index (χ1) is 15.2. The smallest absolute Gasteiger partial charge is 0.254 e. The van der Waals surface area contributed by atoms with E-state index in [1.165, 1.54) is 6.92 Å². The minimum absolute atomic E-state index is 0.0649. The highest BCUT2D eigenvalue weighted by Gasteiger charge is 2.30. The van der Waals surface area contributed by atoms with Crippen LogP contribution >= 0.6 is 0 Å². The number of benzene rings is 2. The third kappa shape index (κ3) is 5.88. The molecule has 0 radical (unpaired) electrons. The Morgan fingerprint density at radius 1 is 1.09 bits per heavy atom. The Morgan fingerprint density at radius 3 is 2.41 bits per heavy atom. The Morgan fingerprint density at radius 2 is 1.75 bits per heavy atom. The molecule has 7 nitrogen and oxygen atoms in total. The van der Waals surface area contributed by atoms with Gasteiger partial charge in [-0.05, 0) is 48.9 Å². The highest BCUT2D eigenvalue weighted by Crippen LogP contribution is 2.26. The molecule has 0 unspecified atom stereocenters. The van der Waals surface area contributed by atoms with Crippen molar-refractivity contribution in [2.75, 3.05) is 6.54 Å². The first kappa shape index (κ1) is 23.3. The van der Waals surface area contributed by atoms with Gasteiger partial charge in [0, 0.05) is 12.6 Å². The summed E-state index contributed by atoms with van der Waals surface area (Å²) in [4.78, 5) is 37.3. The topological polar surface area (TPSA) is 108 Å². The number of hydrogen-bond acceptors (Lipinski definition) is 4. The lowest BCUT2D eigenvalue weighted by molar-refractivity contribution is -0.135. The predicted molar refractivity (Wildman–Crippen MR) is 112 cm³/mol. The zero-order chi connectivity index (χ0) is 23.3. The lowest BCUT2D eigenvalue weighted by atomic mass is 9.90. The van der Waals surface area contributed by atoms with Crippen LogP contribution in [0.1, 0.15) is 42.9 Å². The molecule has 4 atom stereocenters. The molecule has 1 aliphatic rings. The molecule has 0 spiro atoms. The van der Waals surface area contributed by atoms with E-state index in [0.717, 1.165) is 24.1 Å². The third-order valence-corrected chi connectivity index (χ3v) is 5.42. The number of aliphatic hydroxyl groups is 1. The summed E-state index contributed by atoms with van der Waals surface area (Å²) in [5.41, 5.74) is 0.788. The molecule has 2 aromatic rings. The van der Waals surface area contributed by atoms with Crippen molar-refractivity contribution in [3.8, 4) is 0 Å². The standard InChI is InChI=1S/C23H25F2N3O4/c1-13(27-23(32)20(29)16-9-17(24)12-18(25)10-16)21(30)28-19-11-15(7-8-26-22(19)31)14-5-3-2-4-6-14/h2-6,9-10,12-13,15,19-20,29H,7-8,11H2,1H3,(H,26,31)(H,27,32)(H,28,30)/t13-,15-,19-,20-/m0/s1. The van der Waals surface area contributed by atoms with Gasteiger partial charge in [-0.3, -0.25) is 14.4 Å². The minimum Gasteiger partial charge on any atom is -0.378 e. The normalized spacial score (nSPS) is 20.4. The summed E-state index contributed by atoms with van der Waals surface area (Å²) in [7, 11) is 0. The molecule has 170 valence electrons. The molecule has 0 saturated carbocycles. The van der Waals surface area contributed by atoms with Crippen molar-refractivity contribution in [1.29, 1.82) is 0 Å². The molecule has 0 aliphatic carbocycles. The van der Waals surface area contributed by atoms with Crippen LogP contribution in [0.5, 0.6) is 0 Å². The Labute approximate surface area is 184 Å². The van der Waals surface area contributed by atoms with Crippen molar-refractivity contribution in [2.24, 2.45) is 0 Å². The monoisotopic (exact) mass is 445 g/mol. The van der Waals surface area contributed by atoms with E-state index < -0.39 is 41.6 Å². The van der Waals surface area contributed by atoms with Crippen molar-refractivity contribution < 1.29 is 28.3 Å². The van der Waals surface area contributed by atoms with Crippen LogP contribution in [0.15, 0.2) is 48.5 Å². The Kier molecular flexibility index (Phi) is 7.53. The first-order valence-electron chi connectivity index (χ1n) is 10.3. The summed E-state index contributed by atoms with van der Waals surface area (Å²) in [5, 5.41) is 17.8. The molecular weight excluding hydrogens is 420 g/mol. The second-order valence-electron chi connectivity index (χ2n) is 7.82. The van der Waals surface area contributed by atoms with Gasteiger partial charge in [-0.25, -0.2) is 8.78 Å². The maximum absolute atomic E-state index is 13.3. The third-order valence-electron chi connectivity index (χ3n) is 5.42. The number of rotatable bonds is 6. The van der Waals surface area contributed by atoms with Crippen LogP contribution in [0.4, 0.5) is 8.78 Å². The molecule has 0 aromatic heterocycles. The number of nitrogens with one attached hydrogen (secondary N) is 3. The number of amides is 3. The van der Waals surface area contributed by atoms with Crippen molar-refractivity contribution in [3.63, 3.8) is 0 Å². The quantitative estimate of drug-likeness (QED) is 0.543. The molecule has 3 amide bonds. The first-order valence-corrected chi connectivity index (χ1v) is 10.3. The average molecular weight is 445 g/mol. The van der Waals surface area contributed by atoms with Crippen LogP contribution < -0.4 is 16.0 Å². The molecule has 1 saturated heterocycles. The van der Waals surface area contributed by atoms with Gasteiger partial charge in [-0.2, -0.15) is 0 Å². The summed E-state index contributed by atoms with van der Waals surface area (Å²) in [6, 6.07) is 10.1. The molecule has 32 heavy (non-hydrogen) atoms. The summed E-state index contributed by atoms with van der Waals surface area (Å²) < 4.78 is 26.7. The summed E-state index contributed by atoms with van der Waals surface area (Å²) >= 11 is 0. The van der Waals surface area contributed by atoms with Crippen molar-refractivity contribution in [1.82, 2.24) is 16.0 Å². The molecule has 1 fully saturated rings. The van der Waals surface area contributed by atoms with Gasteiger partial charge in [0.1, 0.15) is 23.7 Å². The molecular formula is C23H25F2N3O4. The van der Waals surface area contributed by atoms with Crippen molar-refractivity contribution in [3.05, 3.63) is 71.3 Å². The highest BCUT2D eigenvalue weighted by atomic mass is 19.1. The van der Waals surface area contributed by atoms with E-state index in [4.69, 9.17) is 0 Å². The van der Waals surface area contributed by atoms with E-state index in [0.29, 0.717) is 19.0 Å². The summed E-state index contributed by atoms with van der Waals surface area (Å²) in [6.45, 7) is 1.86. The number of carbonyl (C=O) groups is 3. The lowest BCUT2D eigenvalue weighted by Gasteiger charge is -2.23. The predicted octanol–water partition coefficient (Wildman–Crippen LogP) is 1.68. The van der Waals surface area contributed by atoms with E-state index in [1.807, 2.05) is 30.3 Å². The highest BCUT2D eigenvalue weighted by molar-refractivity contribution is 5.93. The fraction of sp³-hybridized carbons (Fsp3) is 0.348. The molecule has 2 aromatic carbocycles. The van der Waals surface area contributed by atoms with Gasteiger partial charge >= 0.3 is 0 Å². The maximum Gasteiger partial charge on any atom is 0.254 e. The Bertz CT molecular complexity index is 966. The summed E-state index contributed by atoms with van der Waals surface area (Å²) in [5.74, 6) is -3.74. The number of carbonyl (C=O) groups excluding carboxylic acids is 3. The zero-order valence-electron chi connectivity index (χ0n) is 17.5. The van der Waals surface area contributed by atoms with Crippen molar-refractivity contribution in [2.45, 2.75) is 43.9 Å². The van der Waals surface area contributed by atoms with E-state index in [9.17, 15) is 28.3 Å². The fourth-order valence-electron chi connectivity index (χ4n) is 3.69. The Hall–Kier alpha value is -3.33. The molecule has 4 N–H and O–H groups in total. The van der Waals surface area contributed by atoms with Gasteiger partial charge in [-0.15, -0.1) is 0 Å². The lowest BCUT2D eigenvalue weighted by Crippen LogP contribution is -2.52. The van der Waals surface area contributed by atoms with Gasteiger partial charge < -0.3 is 21.1 Å². The van der Waals surface area contributed by atoms with Gasteiger partial charge in [0.05, 0.1) is 0 Å². The van der Waals surface area contributed by atoms with E-state index >= 15 is 0 Å². The minimum atomic E-state index is -1.86. The van der Waals surface area contributed by atoms with Gasteiger partial charge in [0.2, 0.25) is 11.8 Å². The SMILES string of the molecule is C[C@H](NC(=O)[C@@H](O)c1cc(F)cc(F)c1)C(=O)N[C@H]1C[C@@H](c2ccccc2)CCNC1=O. The van der Waals surface area contributed by atoms with Crippen LogP contribution in [-0.4, -0.2) is 41.5 Å². The second kappa shape index (κ2) is 10.3. The van der Waals surface area contributed by atoms with Gasteiger partial charge in [-0.1, -0.05) is 30.3 Å². The largest absolute Gasteiger partial charge is 0.378 e. The van der Waals surface area contributed by atoms with Crippen LogP contribution in [0.2, 0.25) is 0 Å². The van der Waals surface area contributed by atoms with Crippen LogP contribution in [0.3, 0.4) is 0 Å². The Balaban J connectivity index is 1.62.